The second-order valence-corrected chi connectivity index (χ2v) is 6.16. The van der Waals surface area contributed by atoms with Gasteiger partial charge >= 0.3 is 0 Å². The van der Waals surface area contributed by atoms with Crippen LogP contribution in [0.5, 0.6) is 0 Å². The van der Waals surface area contributed by atoms with Gasteiger partial charge in [-0.05, 0) is 47.2 Å². The van der Waals surface area contributed by atoms with Gasteiger partial charge < -0.3 is 5.32 Å². The molecule has 0 unspecified atom stereocenters. The number of thiazole rings is 1. The van der Waals surface area contributed by atoms with Gasteiger partial charge in [-0.3, -0.25) is 0 Å². The molecular weight excluding hydrogens is 367 g/mol. The van der Waals surface area contributed by atoms with Gasteiger partial charge in [0.1, 0.15) is 0 Å². The van der Waals surface area contributed by atoms with Crippen molar-refractivity contribution in [3.05, 3.63) is 42.9 Å². The van der Waals surface area contributed by atoms with Crippen molar-refractivity contribution in [3.8, 4) is 0 Å². The Balaban J connectivity index is 2.02. The van der Waals surface area contributed by atoms with Crippen LogP contribution in [0, 0.1) is 3.57 Å². The van der Waals surface area contributed by atoms with Crippen LogP contribution in [0.25, 0.3) is 0 Å². The Labute approximate surface area is 124 Å². The molecule has 0 amide bonds. The number of anilines is 1. The van der Waals surface area contributed by atoms with Gasteiger partial charge in [0.2, 0.25) is 0 Å². The van der Waals surface area contributed by atoms with Crippen molar-refractivity contribution >= 4 is 51.2 Å². The first-order chi connectivity index (χ1) is 8.19. The Morgan fingerprint density at radius 2 is 2.29 bits per heavy atom. The molecule has 2 nitrogen and oxygen atoms in total. The van der Waals surface area contributed by atoms with Crippen LogP contribution in [0.4, 0.5) is 5.69 Å². The number of aryl methyl sites for hydroxylation is 1. The fraction of sp³-hybridized carbons (Fsp3) is 0.250. The second-order valence-electron chi connectivity index (χ2n) is 3.56. The summed E-state index contributed by atoms with van der Waals surface area (Å²) < 4.78 is 1.14. The number of halogens is 2. The summed E-state index contributed by atoms with van der Waals surface area (Å²) in [6.45, 7) is 2.84. The molecule has 1 aromatic heterocycles. The Morgan fingerprint density at radius 1 is 1.47 bits per heavy atom. The second kappa shape index (κ2) is 6.02. The van der Waals surface area contributed by atoms with Crippen LogP contribution in [0.1, 0.15) is 17.6 Å². The molecule has 1 N–H and O–H groups in total. The Kier molecular flexibility index (Phi) is 4.64. The summed E-state index contributed by atoms with van der Waals surface area (Å²) in [5, 5.41) is 7.32. The highest BCUT2D eigenvalue weighted by atomic mass is 127. The van der Waals surface area contributed by atoms with Gasteiger partial charge in [0.25, 0.3) is 0 Å². The van der Waals surface area contributed by atoms with E-state index in [-0.39, 0.29) is 0 Å². The van der Waals surface area contributed by atoms with Crippen molar-refractivity contribution in [2.75, 3.05) is 5.32 Å². The topological polar surface area (TPSA) is 24.9 Å². The average Bonchev–Trinajstić information content (AvgIpc) is 2.76. The van der Waals surface area contributed by atoms with E-state index in [1.54, 1.807) is 11.3 Å². The molecule has 2 rings (SSSR count). The number of aromatic nitrogens is 1. The number of nitrogens with one attached hydrogen (secondary N) is 1. The third-order valence-electron chi connectivity index (χ3n) is 2.29. The zero-order chi connectivity index (χ0) is 12.3. The average molecular weight is 379 g/mol. The molecule has 0 spiro atoms. The summed E-state index contributed by atoms with van der Waals surface area (Å²) in [5.41, 5.74) is 2.03. The van der Waals surface area contributed by atoms with Crippen molar-refractivity contribution in [3.63, 3.8) is 0 Å². The number of rotatable bonds is 4. The monoisotopic (exact) mass is 378 g/mol. The van der Waals surface area contributed by atoms with E-state index in [2.05, 4.69) is 45.2 Å². The molecule has 0 atom stereocenters. The molecule has 0 bridgehead atoms. The van der Waals surface area contributed by atoms with Gasteiger partial charge in [-0.25, -0.2) is 4.98 Å². The maximum absolute atomic E-state index is 6.14. The molecular formula is C12H12ClIN2S. The summed E-state index contributed by atoms with van der Waals surface area (Å²) in [7, 11) is 0. The predicted octanol–water partition coefficient (Wildman–Crippen LogP) is 4.58. The van der Waals surface area contributed by atoms with E-state index >= 15 is 0 Å². The van der Waals surface area contributed by atoms with Crippen molar-refractivity contribution in [1.29, 1.82) is 0 Å². The molecule has 2 aromatic rings. The Hall–Kier alpha value is -0.330. The smallest absolute Gasteiger partial charge is 0.0926 e. The summed E-state index contributed by atoms with van der Waals surface area (Å²) in [4.78, 5) is 4.50. The summed E-state index contributed by atoms with van der Waals surface area (Å²) in [6.07, 6.45) is 0.995. The predicted molar refractivity (Wildman–Crippen MR) is 83.0 cm³/mol. The summed E-state index contributed by atoms with van der Waals surface area (Å²) in [5.74, 6) is 0. The van der Waals surface area contributed by atoms with Crippen molar-refractivity contribution in [2.24, 2.45) is 0 Å². The van der Waals surface area contributed by atoms with Gasteiger partial charge in [-0.15, -0.1) is 11.3 Å². The maximum Gasteiger partial charge on any atom is 0.0926 e. The zero-order valence-corrected chi connectivity index (χ0v) is 13.1. The van der Waals surface area contributed by atoms with Crippen LogP contribution in [0.15, 0.2) is 23.6 Å². The lowest BCUT2D eigenvalue weighted by Gasteiger charge is -2.06. The molecule has 0 saturated heterocycles. The van der Waals surface area contributed by atoms with Gasteiger partial charge in [0, 0.05) is 8.95 Å². The zero-order valence-electron chi connectivity index (χ0n) is 9.34. The molecule has 0 fully saturated rings. The van der Waals surface area contributed by atoms with Crippen LogP contribution >= 0.6 is 45.5 Å². The molecule has 90 valence electrons. The molecule has 5 heteroatoms. The van der Waals surface area contributed by atoms with Crippen molar-refractivity contribution in [2.45, 2.75) is 19.9 Å². The fourth-order valence-corrected chi connectivity index (χ4v) is 3.08. The fourth-order valence-electron chi connectivity index (χ4n) is 1.41. The first-order valence-corrected chi connectivity index (χ1v) is 7.65. The first kappa shape index (κ1) is 13.1. The first-order valence-electron chi connectivity index (χ1n) is 5.31. The van der Waals surface area contributed by atoms with Crippen molar-refractivity contribution < 1.29 is 0 Å². The highest BCUT2D eigenvalue weighted by molar-refractivity contribution is 14.1. The SMILES string of the molecule is CCc1nc(CNc2ccc(I)cc2Cl)cs1. The highest BCUT2D eigenvalue weighted by Gasteiger charge is 2.03. The number of nitrogens with zero attached hydrogens (tertiary/aromatic N) is 1. The largest absolute Gasteiger partial charge is 0.378 e. The van der Waals surface area contributed by atoms with Gasteiger partial charge in [0.15, 0.2) is 0 Å². The van der Waals surface area contributed by atoms with E-state index in [0.29, 0.717) is 0 Å². The lowest BCUT2D eigenvalue weighted by atomic mass is 10.3. The normalized spacial score (nSPS) is 10.5. The van der Waals surface area contributed by atoms with Gasteiger partial charge in [-0.1, -0.05) is 18.5 Å². The molecule has 1 heterocycles. The van der Waals surface area contributed by atoms with Crippen LogP contribution in [-0.2, 0) is 13.0 Å². The minimum absolute atomic E-state index is 0.719. The van der Waals surface area contributed by atoms with Crippen LogP contribution in [0.3, 0.4) is 0 Å². The lowest BCUT2D eigenvalue weighted by Crippen LogP contribution is -2.00. The van der Waals surface area contributed by atoms with E-state index in [0.717, 1.165) is 32.9 Å². The minimum Gasteiger partial charge on any atom is -0.378 e. The van der Waals surface area contributed by atoms with Crippen LogP contribution in [-0.4, -0.2) is 4.98 Å². The van der Waals surface area contributed by atoms with Crippen LogP contribution in [0.2, 0.25) is 5.02 Å². The van der Waals surface area contributed by atoms with E-state index in [4.69, 9.17) is 11.6 Å². The number of benzene rings is 1. The maximum atomic E-state index is 6.14. The molecule has 0 aliphatic rings. The quantitative estimate of drug-likeness (QED) is 0.788. The van der Waals surface area contributed by atoms with E-state index in [9.17, 15) is 0 Å². The van der Waals surface area contributed by atoms with Gasteiger partial charge in [0.05, 0.1) is 28.0 Å². The van der Waals surface area contributed by atoms with Gasteiger partial charge in [-0.2, -0.15) is 0 Å². The highest BCUT2D eigenvalue weighted by Crippen LogP contribution is 2.24. The van der Waals surface area contributed by atoms with E-state index in [1.165, 1.54) is 5.01 Å². The summed E-state index contributed by atoms with van der Waals surface area (Å²) >= 11 is 10.1. The van der Waals surface area contributed by atoms with E-state index in [1.807, 2.05) is 18.2 Å². The lowest BCUT2D eigenvalue weighted by molar-refractivity contribution is 1.01. The third-order valence-corrected chi connectivity index (χ3v) is 4.32. The molecule has 0 saturated carbocycles. The number of hydrogen-bond acceptors (Lipinski definition) is 3. The van der Waals surface area contributed by atoms with E-state index < -0.39 is 0 Å². The molecule has 0 radical (unpaired) electrons. The Bertz CT molecular complexity index is 513. The molecule has 0 aliphatic heterocycles. The number of hydrogen-bond donors (Lipinski definition) is 1. The van der Waals surface area contributed by atoms with Crippen molar-refractivity contribution in [1.82, 2.24) is 4.98 Å². The molecule has 0 aliphatic carbocycles. The van der Waals surface area contributed by atoms with Crippen LogP contribution < -0.4 is 5.32 Å². The standard InChI is InChI=1S/C12H12ClIN2S/c1-2-12-16-9(7-17-12)6-15-11-4-3-8(14)5-10(11)13/h3-5,7,15H,2,6H2,1H3. The Morgan fingerprint density at radius 3 is 2.94 bits per heavy atom. The minimum atomic E-state index is 0.719. The third kappa shape index (κ3) is 3.56. The molecule has 1 aromatic carbocycles. The summed E-state index contributed by atoms with van der Waals surface area (Å²) in [6, 6.07) is 5.98. The molecule has 17 heavy (non-hydrogen) atoms.